The molecule has 0 atom stereocenters. The van der Waals surface area contributed by atoms with E-state index in [1.807, 2.05) is 0 Å². The number of hydrogen-bond acceptors (Lipinski definition) is 0. The predicted molar refractivity (Wildman–Crippen MR) is 114 cm³/mol. The molecule has 0 saturated carbocycles. The van der Waals surface area contributed by atoms with E-state index in [0.717, 1.165) is 0 Å². The van der Waals surface area contributed by atoms with Gasteiger partial charge in [0.2, 0.25) is 19.7 Å². The lowest BCUT2D eigenvalue weighted by Crippen LogP contribution is -2.14. The zero-order valence-corrected chi connectivity index (χ0v) is 17.6. The molecule has 0 spiro atoms. The molecule has 0 amide bonds. The smallest absolute Gasteiger partial charge is 0.110 e. The minimum absolute atomic E-state index is 0.140. The van der Waals surface area contributed by atoms with E-state index in [4.69, 9.17) is 0 Å². The molecule has 32 heavy (non-hydrogen) atoms. The van der Waals surface area contributed by atoms with Gasteiger partial charge in [0.25, 0.3) is 0 Å². The molecule has 0 aromatic heterocycles. The first-order valence-corrected chi connectivity index (χ1v) is 12.8. The Morgan fingerprint density at radius 3 is 0.969 bits per heavy atom. The Kier molecular flexibility index (Phi) is 4.60. The molecule has 3 rings (SSSR count). The maximum absolute atomic E-state index is 14.4. The van der Waals surface area contributed by atoms with Crippen LogP contribution in [0.25, 0.3) is 0 Å². The highest BCUT2D eigenvalue weighted by molar-refractivity contribution is 8.53. The van der Waals surface area contributed by atoms with E-state index in [2.05, 4.69) is 0 Å². The van der Waals surface area contributed by atoms with Crippen molar-refractivity contribution in [1.29, 1.82) is 0 Å². The highest BCUT2D eigenvalue weighted by atomic mass is 32.5. The average molecular weight is 494 g/mol. The Bertz CT molecular complexity index is 1190. The fourth-order valence-corrected chi connectivity index (χ4v) is 4.72. The third kappa shape index (κ3) is 5.21. The normalized spacial score (nSPS) is 16.0. The second kappa shape index (κ2) is 6.25. The topological polar surface area (TPSA) is 0 Å². The molecule has 0 saturated heterocycles. The van der Waals surface area contributed by atoms with Crippen molar-refractivity contribution in [1.82, 2.24) is 0 Å². The van der Waals surface area contributed by atoms with Gasteiger partial charge in [0, 0.05) is 21.6 Å². The molecule has 3 aromatic rings. The molecule has 0 aliphatic carbocycles. The molecular weight excluding hydrogens is 480 g/mol. The highest BCUT2D eigenvalue weighted by Crippen LogP contribution is 3.02. The summed E-state index contributed by atoms with van der Waals surface area (Å²) in [5.41, 5.74) is -0.279. The lowest BCUT2D eigenvalue weighted by molar-refractivity contribution is 0.462. The van der Waals surface area contributed by atoms with E-state index in [1.165, 1.54) is 60.7 Å². The van der Waals surface area contributed by atoms with Crippen LogP contribution < -0.4 is 0 Å². The van der Waals surface area contributed by atoms with Crippen LogP contribution in [-0.2, 0) is 0 Å². The largest absolute Gasteiger partial charge is 0.240 e. The SMILES string of the molecule is FS(F)(F)(F)(C#Cc1ccccc1)c1ccc(S(F)(F)(F)(F)C#Cc2ccccc2)cc1. The van der Waals surface area contributed by atoms with Crippen LogP contribution in [0.1, 0.15) is 11.1 Å². The Labute approximate surface area is 179 Å². The molecule has 0 aliphatic heterocycles. The van der Waals surface area contributed by atoms with Crippen LogP contribution in [0, 0.1) is 22.3 Å². The average Bonchev–Trinajstić information content (AvgIpc) is 2.72. The van der Waals surface area contributed by atoms with Gasteiger partial charge >= 0.3 is 0 Å². The molecule has 10 heteroatoms. The summed E-state index contributed by atoms with van der Waals surface area (Å²) in [5.74, 6) is 3.31. The van der Waals surface area contributed by atoms with E-state index in [1.54, 1.807) is 11.8 Å². The minimum atomic E-state index is -9.28. The van der Waals surface area contributed by atoms with Crippen molar-refractivity contribution in [3.63, 3.8) is 0 Å². The van der Waals surface area contributed by atoms with Crippen LogP contribution in [0.2, 0.25) is 0 Å². The Morgan fingerprint density at radius 1 is 0.406 bits per heavy atom. The number of hydrogen-bond donors (Lipinski definition) is 0. The molecule has 0 fully saturated rings. The molecule has 0 unspecified atom stereocenters. The second-order valence-electron chi connectivity index (χ2n) is 6.80. The zero-order chi connectivity index (χ0) is 23.9. The Hall–Kier alpha value is -3.08. The van der Waals surface area contributed by atoms with Gasteiger partial charge in [-0.05, 0) is 60.4 Å². The highest BCUT2D eigenvalue weighted by Gasteiger charge is 2.66. The maximum atomic E-state index is 14.4. The van der Waals surface area contributed by atoms with Gasteiger partial charge in [0.1, 0.15) is 0 Å². The van der Waals surface area contributed by atoms with Gasteiger partial charge < -0.3 is 0 Å². The third-order valence-corrected chi connectivity index (χ3v) is 7.59. The van der Waals surface area contributed by atoms with Crippen molar-refractivity contribution in [2.75, 3.05) is 0 Å². The molecule has 0 nitrogen and oxygen atoms in total. The van der Waals surface area contributed by atoms with Crippen LogP contribution in [0.3, 0.4) is 0 Å². The van der Waals surface area contributed by atoms with E-state index in [-0.39, 0.29) is 35.4 Å². The van der Waals surface area contributed by atoms with Crippen molar-refractivity contribution < 1.29 is 31.1 Å². The lowest BCUT2D eigenvalue weighted by atomic mass is 10.2. The first-order valence-electron chi connectivity index (χ1n) is 8.69. The number of benzene rings is 3. The van der Waals surface area contributed by atoms with Crippen molar-refractivity contribution in [2.45, 2.75) is 9.79 Å². The van der Waals surface area contributed by atoms with E-state index < -0.39 is 29.5 Å². The standard InChI is InChI=1S/C22H14F8S2/c23-31(24,25,26,17-15-19-7-3-1-4-8-19)21-11-13-22(14-12-21)32(27,28,29,30)18-16-20-9-5-2-6-10-20/h1-14H. The summed E-state index contributed by atoms with van der Waals surface area (Å²) in [6.07, 6.45) is 0. The van der Waals surface area contributed by atoms with Crippen molar-refractivity contribution >= 4 is 19.7 Å². The predicted octanol–water partition coefficient (Wildman–Crippen LogP) is 9.25. The molecular formula is C22H14F8S2. The number of halogens is 8. The lowest BCUT2D eigenvalue weighted by Gasteiger charge is -2.46. The molecule has 0 aliphatic rings. The van der Waals surface area contributed by atoms with Gasteiger partial charge in [0.05, 0.1) is 9.79 Å². The zero-order valence-electron chi connectivity index (χ0n) is 15.9. The quantitative estimate of drug-likeness (QED) is 0.246. The number of rotatable bonds is 2. The van der Waals surface area contributed by atoms with Crippen LogP contribution >= 0.6 is 19.7 Å². The molecule has 0 N–H and O–H groups in total. The van der Waals surface area contributed by atoms with E-state index in [9.17, 15) is 31.1 Å². The van der Waals surface area contributed by atoms with Crippen molar-refractivity contribution in [3.05, 3.63) is 96.1 Å². The van der Waals surface area contributed by atoms with Gasteiger partial charge in [-0.15, -0.1) is 31.1 Å². The summed E-state index contributed by atoms with van der Waals surface area (Å²) in [5, 5.41) is 1.35. The molecule has 0 bridgehead atoms. The van der Waals surface area contributed by atoms with Gasteiger partial charge in [-0.25, -0.2) is 0 Å². The van der Waals surface area contributed by atoms with Crippen molar-refractivity contribution in [3.8, 4) is 22.3 Å². The fraction of sp³-hybridized carbons (Fsp3) is 0. The van der Waals surface area contributed by atoms with Gasteiger partial charge in [-0.3, -0.25) is 0 Å². The third-order valence-electron chi connectivity index (χ3n) is 4.12. The summed E-state index contributed by atoms with van der Waals surface area (Å²) >= 11 is 0. The molecule has 3 aromatic carbocycles. The Morgan fingerprint density at radius 2 is 0.688 bits per heavy atom. The van der Waals surface area contributed by atoms with Crippen molar-refractivity contribution in [2.24, 2.45) is 0 Å². The van der Waals surface area contributed by atoms with Gasteiger partial charge in [-0.2, -0.15) is 0 Å². The molecule has 0 heterocycles. The summed E-state index contributed by atoms with van der Waals surface area (Å²) in [6, 6.07) is 12.7. The molecule has 170 valence electrons. The summed E-state index contributed by atoms with van der Waals surface area (Å²) in [4.78, 5) is -4.05. The van der Waals surface area contributed by atoms with Crippen LogP contribution in [0.4, 0.5) is 31.1 Å². The Balaban J connectivity index is 2.06. The van der Waals surface area contributed by atoms with Crippen LogP contribution in [0.5, 0.6) is 0 Å². The fourth-order valence-electron chi connectivity index (χ4n) is 2.47. The van der Waals surface area contributed by atoms with Gasteiger partial charge in [-0.1, -0.05) is 36.4 Å². The van der Waals surface area contributed by atoms with E-state index in [0.29, 0.717) is 10.5 Å². The minimum Gasteiger partial charge on any atom is -0.110 e. The van der Waals surface area contributed by atoms with Gasteiger partial charge in [0.15, 0.2) is 0 Å². The first kappa shape index (κ1) is 23.6. The molecule has 0 radical (unpaired) electrons. The summed E-state index contributed by atoms with van der Waals surface area (Å²) in [6.45, 7) is 0. The maximum Gasteiger partial charge on any atom is 0.240 e. The second-order valence-corrected chi connectivity index (χ2v) is 12.4. The van der Waals surface area contributed by atoms with Crippen LogP contribution in [-0.4, -0.2) is 0 Å². The summed E-state index contributed by atoms with van der Waals surface area (Å²) < 4.78 is 115. The summed E-state index contributed by atoms with van der Waals surface area (Å²) in [7, 11) is -18.6. The van der Waals surface area contributed by atoms with E-state index >= 15 is 0 Å². The van der Waals surface area contributed by atoms with Crippen LogP contribution in [0.15, 0.2) is 94.7 Å². The monoisotopic (exact) mass is 494 g/mol. The first-order chi connectivity index (χ1) is 14.4.